The molecular weight excluding hydrogens is 322 g/mol. The molecule has 1 aromatic rings. The van der Waals surface area contributed by atoms with Crippen LogP contribution in [0.4, 0.5) is 0 Å². The molecule has 0 radical (unpaired) electrons. The Morgan fingerprint density at radius 3 is 2.62 bits per heavy atom. The molecule has 4 heteroatoms. The summed E-state index contributed by atoms with van der Waals surface area (Å²) < 4.78 is 6.03. The van der Waals surface area contributed by atoms with Crippen LogP contribution in [0.5, 0.6) is 0 Å². The highest BCUT2D eigenvalue weighted by Gasteiger charge is 2.32. The van der Waals surface area contributed by atoms with Crippen molar-refractivity contribution in [3.8, 4) is 0 Å². The SMILES string of the molecule is CCOC(=O)C[N+]1(C/C=C(\C)Cc2ccccc2Cl)CCCCC1. The van der Waals surface area contributed by atoms with Crippen LogP contribution in [0.15, 0.2) is 35.9 Å². The van der Waals surface area contributed by atoms with Crippen LogP contribution in [0.3, 0.4) is 0 Å². The minimum absolute atomic E-state index is 0.0726. The second-order valence-corrected chi connectivity index (χ2v) is 7.22. The van der Waals surface area contributed by atoms with Crippen LogP contribution >= 0.6 is 11.6 Å². The van der Waals surface area contributed by atoms with Crippen molar-refractivity contribution in [3.05, 3.63) is 46.5 Å². The van der Waals surface area contributed by atoms with Crippen LogP contribution in [0.25, 0.3) is 0 Å². The number of rotatable bonds is 7. The number of piperidine rings is 1. The molecule has 0 N–H and O–H groups in total. The third-order valence-electron chi connectivity index (χ3n) is 4.79. The zero-order chi connectivity index (χ0) is 17.4. The highest BCUT2D eigenvalue weighted by atomic mass is 35.5. The molecule has 132 valence electrons. The third kappa shape index (κ3) is 5.64. The summed E-state index contributed by atoms with van der Waals surface area (Å²) in [5.74, 6) is -0.0726. The van der Waals surface area contributed by atoms with Gasteiger partial charge in [0.2, 0.25) is 0 Å². The number of likely N-dealkylation sites (tertiary alicyclic amines) is 1. The van der Waals surface area contributed by atoms with Gasteiger partial charge in [0.05, 0.1) is 26.2 Å². The van der Waals surface area contributed by atoms with Gasteiger partial charge in [-0.2, -0.15) is 0 Å². The smallest absolute Gasteiger partial charge is 0.361 e. The van der Waals surface area contributed by atoms with E-state index < -0.39 is 0 Å². The fraction of sp³-hybridized carbons (Fsp3) is 0.550. The van der Waals surface area contributed by atoms with Gasteiger partial charge in [0.15, 0.2) is 6.54 Å². The number of nitrogens with zero attached hydrogens (tertiary/aromatic N) is 1. The van der Waals surface area contributed by atoms with Crippen LogP contribution < -0.4 is 0 Å². The van der Waals surface area contributed by atoms with E-state index in [0.29, 0.717) is 13.2 Å². The molecule has 2 rings (SSSR count). The molecule has 1 heterocycles. The van der Waals surface area contributed by atoms with Gasteiger partial charge in [0, 0.05) is 5.02 Å². The average Bonchev–Trinajstić information content (AvgIpc) is 2.56. The predicted molar refractivity (Wildman–Crippen MR) is 99.1 cm³/mol. The number of benzene rings is 1. The molecule has 1 aliphatic heterocycles. The van der Waals surface area contributed by atoms with E-state index in [-0.39, 0.29) is 5.97 Å². The molecule has 0 aliphatic carbocycles. The Balaban J connectivity index is 2.03. The zero-order valence-electron chi connectivity index (χ0n) is 14.9. The number of carbonyl (C=O) groups is 1. The first-order chi connectivity index (χ1) is 11.5. The normalized spacial score (nSPS) is 17.5. The minimum atomic E-state index is -0.0726. The van der Waals surface area contributed by atoms with Gasteiger partial charge in [-0.25, -0.2) is 4.79 Å². The summed E-state index contributed by atoms with van der Waals surface area (Å²) in [6, 6.07) is 7.99. The Kier molecular flexibility index (Phi) is 7.32. The van der Waals surface area contributed by atoms with Crippen molar-refractivity contribution in [2.45, 2.75) is 39.5 Å². The van der Waals surface area contributed by atoms with Gasteiger partial charge in [-0.05, 0) is 57.2 Å². The van der Waals surface area contributed by atoms with E-state index in [1.54, 1.807) is 0 Å². The summed E-state index contributed by atoms with van der Waals surface area (Å²) in [4.78, 5) is 12.0. The first-order valence-electron chi connectivity index (χ1n) is 8.94. The number of esters is 1. The molecule has 0 saturated carbocycles. The van der Waals surface area contributed by atoms with E-state index in [9.17, 15) is 4.79 Å². The maximum atomic E-state index is 12.0. The molecule has 1 saturated heterocycles. The van der Waals surface area contributed by atoms with Gasteiger partial charge in [0.1, 0.15) is 0 Å². The lowest BCUT2D eigenvalue weighted by Crippen LogP contribution is -2.54. The molecular formula is C20H29ClNO2+. The first kappa shape index (κ1) is 19.0. The number of carbonyl (C=O) groups excluding carboxylic acids is 1. The summed E-state index contributed by atoms with van der Waals surface area (Å²) in [7, 11) is 0. The standard InChI is InChI=1S/C20H29ClNO2/c1-3-24-20(23)16-22(12-7-4-8-13-22)14-11-17(2)15-18-9-5-6-10-19(18)21/h5-6,9-11H,3-4,7-8,12-16H2,1-2H3/q+1/b17-11+. The van der Waals surface area contributed by atoms with Crippen LogP contribution in [0.1, 0.15) is 38.7 Å². The van der Waals surface area contributed by atoms with E-state index >= 15 is 0 Å². The second-order valence-electron chi connectivity index (χ2n) is 6.81. The molecule has 1 fully saturated rings. The molecule has 0 atom stereocenters. The Morgan fingerprint density at radius 2 is 1.96 bits per heavy atom. The zero-order valence-corrected chi connectivity index (χ0v) is 15.6. The van der Waals surface area contributed by atoms with Gasteiger partial charge in [-0.15, -0.1) is 0 Å². The second kappa shape index (κ2) is 9.24. The predicted octanol–water partition coefficient (Wildman–Crippen LogP) is 4.39. The van der Waals surface area contributed by atoms with Gasteiger partial charge in [-0.1, -0.05) is 35.4 Å². The van der Waals surface area contributed by atoms with E-state index in [4.69, 9.17) is 16.3 Å². The van der Waals surface area contributed by atoms with Crippen molar-refractivity contribution in [2.24, 2.45) is 0 Å². The lowest BCUT2D eigenvalue weighted by atomic mass is 10.0. The van der Waals surface area contributed by atoms with Crippen LogP contribution in [0.2, 0.25) is 5.02 Å². The van der Waals surface area contributed by atoms with E-state index in [1.165, 1.54) is 24.8 Å². The summed E-state index contributed by atoms with van der Waals surface area (Å²) in [5.41, 5.74) is 2.46. The number of halogens is 1. The number of hydrogen-bond acceptors (Lipinski definition) is 2. The lowest BCUT2D eigenvalue weighted by Gasteiger charge is -2.40. The first-order valence-corrected chi connectivity index (χ1v) is 9.32. The Morgan fingerprint density at radius 1 is 1.25 bits per heavy atom. The number of allylic oxidation sites excluding steroid dienone is 1. The van der Waals surface area contributed by atoms with Crippen molar-refractivity contribution in [3.63, 3.8) is 0 Å². The molecule has 0 aromatic heterocycles. The van der Waals surface area contributed by atoms with E-state index in [1.807, 2.05) is 25.1 Å². The molecule has 0 amide bonds. The molecule has 3 nitrogen and oxygen atoms in total. The molecule has 0 bridgehead atoms. The van der Waals surface area contributed by atoms with Crippen molar-refractivity contribution < 1.29 is 14.0 Å². The highest BCUT2D eigenvalue weighted by Crippen LogP contribution is 2.22. The van der Waals surface area contributed by atoms with Gasteiger partial charge in [0.25, 0.3) is 0 Å². The van der Waals surface area contributed by atoms with Crippen molar-refractivity contribution in [1.82, 2.24) is 0 Å². The largest absolute Gasteiger partial charge is 0.462 e. The summed E-state index contributed by atoms with van der Waals surface area (Å²) in [6.07, 6.45) is 6.80. The highest BCUT2D eigenvalue weighted by molar-refractivity contribution is 6.31. The number of hydrogen-bond donors (Lipinski definition) is 0. The summed E-state index contributed by atoms with van der Waals surface area (Å²) >= 11 is 6.26. The summed E-state index contributed by atoms with van der Waals surface area (Å²) in [6.45, 7) is 7.99. The van der Waals surface area contributed by atoms with Gasteiger partial charge < -0.3 is 9.22 Å². The monoisotopic (exact) mass is 350 g/mol. The van der Waals surface area contributed by atoms with Crippen LogP contribution in [-0.4, -0.2) is 43.2 Å². The number of ether oxygens (including phenoxy) is 1. The Labute approximate surface area is 150 Å². The number of quaternary nitrogens is 1. The molecule has 0 spiro atoms. The molecule has 1 aliphatic rings. The van der Waals surface area contributed by atoms with Gasteiger partial charge in [-0.3, -0.25) is 0 Å². The Hall–Kier alpha value is -1.32. The summed E-state index contributed by atoms with van der Waals surface area (Å²) in [5, 5.41) is 0.818. The van der Waals surface area contributed by atoms with Crippen molar-refractivity contribution in [1.29, 1.82) is 0 Å². The van der Waals surface area contributed by atoms with Crippen LogP contribution in [-0.2, 0) is 16.0 Å². The van der Waals surface area contributed by atoms with Gasteiger partial charge >= 0.3 is 5.97 Å². The maximum Gasteiger partial charge on any atom is 0.361 e. The topological polar surface area (TPSA) is 26.3 Å². The molecule has 0 unspecified atom stereocenters. The fourth-order valence-corrected chi connectivity index (χ4v) is 3.64. The fourth-order valence-electron chi connectivity index (χ4n) is 3.43. The van der Waals surface area contributed by atoms with E-state index in [2.05, 4.69) is 19.1 Å². The van der Waals surface area contributed by atoms with Crippen LogP contribution in [0, 0.1) is 0 Å². The average molecular weight is 351 g/mol. The van der Waals surface area contributed by atoms with Crippen molar-refractivity contribution in [2.75, 3.05) is 32.8 Å². The molecule has 1 aromatic carbocycles. The Bertz CT molecular complexity index is 577. The van der Waals surface area contributed by atoms with E-state index in [0.717, 1.165) is 41.1 Å². The third-order valence-corrected chi connectivity index (χ3v) is 5.16. The minimum Gasteiger partial charge on any atom is -0.462 e. The molecule has 24 heavy (non-hydrogen) atoms. The lowest BCUT2D eigenvalue weighted by molar-refractivity contribution is -0.920. The van der Waals surface area contributed by atoms with Crippen molar-refractivity contribution >= 4 is 17.6 Å². The quantitative estimate of drug-likeness (QED) is 0.414. The maximum absolute atomic E-state index is 12.0.